The fourth-order valence-corrected chi connectivity index (χ4v) is 6.61. The number of ether oxygens (including phenoxy) is 1. The number of benzene rings is 4. The number of halogens is 2. The third kappa shape index (κ3) is 9.89. The summed E-state index contributed by atoms with van der Waals surface area (Å²) in [4.78, 5) is 29.8. The zero-order valence-corrected chi connectivity index (χ0v) is 29.2. The fraction of sp³-hybridized carbons (Fsp3) is 0.278. The van der Waals surface area contributed by atoms with Crippen LogP contribution in [-0.2, 0) is 32.6 Å². The van der Waals surface area contributed by atoms with Crippen LogP contribution in [0.25, 0.3) is 0 Å². The molecule has 0 heterocycles. The molecule has 0 aliphatic rings. The summed E-state index contributed by atoms with van der Waals surface area (Å²) in [6, 6.07) is 26.5. The summed E-state index contributed by atoms with van der Waals surface area (Å²) in [6.07, 6.45) is 0.193. The average Bonchev–Trinajstić information content (AvgIpc) is 3.03. The first-order chi connectivity index (χ1) is 22.3. The molecule has 2 amide bonds. The van der Waals surface area contributed by atoms with Gasteiger partial charge in [0.1, 0.15) is 24.2 Å². The minimum absolute atomic E-state index is 0.0366. The summed E-state index contributed by atoms with van der Waals surface area (Å²) in [5.41, 5.74) is 1.18. The van der Waals surface area contributed by atoms with Crippen LogP contribution < -0.4 is 14.4 Å². The molecule has 11 heteroatoms. The topological polar surface area (TPSA) is 96.0 Å². The van der Waals surface area contributed by atoms with Crippen molar-refractivity contribution in [1.82, 2.24) is 10.2 Å². The van der Waals surface area contributed by atoms with Gasteiger partial charge in [-0.05, 0) is 99.5 Å². The summed E-state index contributed by atoms with van der Waals surface area (Å²) in [5.74, 6) is -1.04. The number of amides is 2. The van der Waals surface area contributed by atoms with Crippen molar-refractivity contribution in [3.8, 4) is 5.75 Å². The van der Waals surface area contributed by atoms with Crippen molar-refractivity contribution < 1.29 is 27.1 Å². The summed E-state index contributed by atoms with van der Waals surface area (Å²) in [5, 5.41) is 3.01. The van der Waals surface area contributed by atoms with Gasteiger partial charge in [0, 0.05) is 23.0 Å². The Morgan fingerprint density at radius 2 is 1.49 bits per heavy atom. The molecule has 0 bridgehead atoms. The second-order valence-corrected chi connectivity index (χ2v) is 14.8. The molecule has 0 aromatic heterocycles. The molecule has 0 saturated carbocycles. The number of rotatable bonds is 13. The maximum atomic E-state index is 14.5. The Kier molecular flexibility index (Phi) is 11.8. The van der Waals surface area contributed by atoms with Crippen molar-refractivity contribution in [1.29, 1.82) is 0 Å². The van der Waals surface area contributed by atoms with Gasteiger partial charge in [-0.25, -0.2) is 12.8 Å². The van der Waals surface area contributed by atoms with Crippen LogP contribution in [0.4, 0.5) is 10.1 Å². The van der Waals surface area contributed by atoms with Gasteiger partial charge < -0.3 is 15.0 Å². The van der Waals surface area contributed by atoms with Crippen LogP contribution in [-0.4, -0.2) is 49.9 Å². The van der Waals surface area contributed by atoms with E-state index in [1.54, 1.807) is 24.3 Å². The highest BCUT2D eigenvalue weighted by molar-refractivity contribution is 9.10. The zero-order chi connectivity index (χ0) is 34.2. The fourth-order valence-electron chi connectivity index (χ4n) is 4.93. The average molecular weight is 725 g/mol. The van der Waals surface area contributed by atoms with Gasteiger partial charge in [-0.1, -0.05) is 58.4 Å². The van der Waals surface area contributed by atoms with Crippen LogP contribution in [0.15, 0.2) is 112 Å². The number of carbonyl (C=O) groups is 2. The van der Waals surface area contributed by atoms with Gasteiger partial charge in [-0.3, -0.25) is 13.9 Å². The van der Waals surface area contributed by atoms with Gasteiger partial charge >= 0.3 is 0 Å². The number of nitrogens with one attached hydrogen (secondary N) is 1. The van der Waals surface area contributed by atoms with E-state index in [1.807, 2.05) is 82.3 Å². The highest BCUT2D eigenvalue weighted by Crippen LogP contribution is 2.27. The highest BCUT2D eigenvalue weighted by Gasteiger charge is 2.35. The Bertz CT molecular complexity index is 1750. The van der Waals surface area contributed by atoms with Crippen LogP contribution >= 0.6 is 15.9 Å². The molecule has 0 aliphatic carbocycles. The maximum absolute atomic E-state index is 14.5. The summed E-state index contributed by atoms with van der Waals surface area (Å²) in [7, 11) is -4.37. The van der Waals surface area contributed by atoms with E-state index in [0.29, 0.717) is 12.4 Å². The van der Waals surface area contributed by atoms with Gasteiger partial charge in [0.2, 0.25) is 11.8 Å². The molecule has 0 radical (unpaired) electrons. The first-order valence-corrected chi connectivity index (χ1v) is 17.4. The smallest absolute Gasteiger partial charge is 0.264 e. The van der Waals surface area contributed by atoms with Crippen LogP contribution in [0.3, 0.4) is 0 Å². The lowest BCUT2D eigenvalue weighted by Gasteiger charge is -2.35. The van der Waals surface area contributed by atoms with Gasteiger partial charge in [0.05, 0.1) is 17.2 Å². The maximum Gasteiger partial charge on any atom is 0.264 e. The molecule has 4 rings (SSSR count). The Morgan fingerprint density at radius 3 is 2.06 bits per heavy atom. The van der Waals surface area contributed by atoms with E-state index in [0.717, 1.165) is 44.2 Å². The molecule has 248 valence electrons. The van der Waals surface area contributed by atoms with Gasteiger partial charge in [0.15, 0.2) is 0 Å². The number of sulfonamides is 1. The van der Waals surface area contributed by atoms with Gasteiger partial charge in [-0.15, -0.1) is 0 Å². The molecule has 0 aliphatic heterocycles. The molecular weight excluding hydrogens is 685 g/mol. The molecule has 4 aromatic carbocycles. The number of hydrogen-bond acceptors (Lipinski definition) is 5. The Labute approximate surface area is 284 Å². The molecule has 1 unspecified atom stereocenters. The first kappa shape index (κ1) is 35.6. The number of carbonyl (C=O) groups excluding carboxylic acids is 2. The van der Waals surface area contributed by atoms with Crippen LogP contribution in [0.5, 0.6) is 5.75 Å². The van der Waals surface area contributed by atoms with E-state index in [9.17, 15) is 22.4 Å². The Hall–Kier alpha value is -4.22. The van der Waals surface area contributed by atoms with Crippen molar-refractivity contribution in [2.24, 2.45) is 0 Å². The Balaban J connectivity index is 1.81. The molecule has 8 nitrogen and oxygen atoms in total. The van der Waals surface area contributed by atoms with Crippen molar-refractivity contribution in [2.75, 3.05) is 17.5 Å². The van der Waals surface area contributed by atoms with E-state index in [-0.39, 0.29) is 29.5 Å². The van der Waals surface area contributed by atoms with Crippen LogP contribution in [0.1, 0.15) is 38.8 Å². The normalized spacial score (nSPS) is 12.2. The zero-order valence-electron chi connectivity index (χ0n) is 26.8. The molecule has 0 fully saturated rings. The third-order valence-corrected chi connectivity index (χ3v) is 9.47. The highest BCUT2D eigenvalue weighted by atomic mass is 79.9. The minimum Gasteiger partial charge on any atom is -0.494 e. The standard InChI is InChI=1S/C36H39BrFN3O5S/c1-5-46-31-19-17-30(18-20-31)41(47(44,45)32-21-15-29(38)16-22-32)25-34(42)40(24-27-11-13-28(37)14-12-27)33(35(43)39-36(2,3)4)23-26-9-7-6-8-10-26/h6-22,33H,5,23-25H2,1-4H3,(H,39,43). The van der Waals surface area contributed by atoms with Gasteiger partial charge in [-0.2, -0.15) is 0 Å². The SMILES string of the molecule is CCOc1ccc(N(CC(=O)N(Cc2ccc(Br)cc2)C(Cc2ccccc2)C(=O)NC(C)(C)C)S(=O)(=O)c2ccc(F)cc2)cc1. The molecule has 1 N–H and O–H groups in total. The monoisotopic (exact) mass is 723 g/mol. The van der Waals surface area contributed by atoms with E-state index < -0.39 is 39.9 Å². The molecule has 47 heavy (non-hydrogen) atoms. The lowest BCUT2D eigenvalue weighted by atomic mass is 10.0. The number of nitrogens with zero attached hydrogens (tertiary/aromatic N) is 2. The minimum atomic E-state index is -4.37. The van der Waals surface area contributed by atoms with E-state index >= 15 is 0 Å². The Morgan fingerprint density at radius 1 is 0.872 bits per heavy atom. The summed E-state index contributed by atoms with van der Waals surface area (Å²) < 4.78 is 49.4. The van der Waals surface area contributed by atoms with E-state index in [4.69, 9.17) is 4.74 Å². The largest absolute Gasteiger partial charge is 0.494 e. The summed E-state index contributed by atoms with van der Waals surface area (Å²) in [6.45, 7) is 7.23. The molecule has 1 atom stereocenters. The summed E-state index contributed by atoms with van der Waals surface area (Å²) >= 11 is 3.44. The predicted octanol–water partition coefficient (Wildman–Crippen LogP) is 6.74. The van der Waals surface area contributed by atoms with Crippen molar-refractivity contribution in [2.45, 2.75) is 57.1 Å². The quantitative estimate of drug-likeness (QED) is 0.165. The lowest BCUT2D eigenvalue weighted by Crippen LogP contribution is -2.56. The second-order valence-electron chi connectivity index (χ2n) is 12.0. The molecule has 0 saturated heterocycles. The van der Waals surface area contributed by atoms with Crippen LogP contribution in [0.2, 0.25) is 0 Å². The van der Waals surface area contributed by atoms with E-state index in [1.165, 1.54) is 4.90 Å². The lowest BCUT2D eigenvalue weighted by molar-refractivity contribution is -0.140. The number of hydrogen-bond donors (Lipinski definition) is 1. The molecular formula is C36H39BrFN3O5S. The second kappa shape index (κ2) is 15.6. The van der Waals surface area contributed by atoms with Crippen molar-refractivity contribution in [3.63, 3.8) is 0 Å². The number of anilines is 1. The predicted molar refractivity (Wildman–Crippen MR) is 185 cm³/mol. The first-order valence-electron chi connectivity index (χ1n) is 15.2. The molecule has 0 spiro atoms. The van der Waals surface area contributed by atoms with Gasteiger partial charge in [0.25, 0.3) is 10.0 Å². The van der Waals surface area contributed by atoms with Crippen molar-refractivity contribution in [3.05, 3.63) is 125 Å². The third-order valence-electron chi connectivity index (χ3n) is 7.15. The van der Waals surface area contributed by atoms with Crippen molar-refractivity contribution >= 4 is 43.5 Å². The van der Waals surface area contributed by atoms with Crippen LogP contribution in [0, 0.1) is 5.82 Å². The van der Waals surface area contributed by atoms with E-state index in [2.05, 4.69) is 21.2 Å². The molecule has 4 aromatic rings.